The van der Waals surface area contributed by atoms with Crippen LogP contribution in [0.1, 0.15) is 52.4 Å². The molecule has 0 amide bonds. The average molecular weight is 425 g/mol. The number of nitrogens with zero attached hydrogens (tertiary/aromatic N) is 2. The minimum atomic E-state index is -3.78. The fraction of sp³-hybridized carbons (Fsp3) is 0.700. The van der Waals surface area contributed by atoms with Crippen molar-refractivity contribution in [2.75, 3.05) is 25.0 Å². The standard InChI is InChI=1S/C20H32N4O4S/c1-3-23-12-10-16(11-13-23)21-19-9-8-18(14-20(19)24(25)26)29(27,28)22-17-6-4-15(2)5-7-17/h8-9,14-17,21-22H,3-7,10-13H2,1-2H3. The number of rotatable bonds is 7. The summed E-state index contributed by atoms with van der Waals surface area (Å²) < 4.78 is 28.3. The molecule has 1 saturated carbocycles. The van der Waals surface area contributed by atoms with E-state index in [9.17, 15) is 18.5 Å². The van der Waals surface area contributed by atoms with Crippen molar-refractivity contribution >= 4 is 21.4 Å². The van der Waals surface area contributed by atoms with Crippen LogP contribution in [0.25, 0.3) is 0 Å². The molecule has 0 bridgehead atoms. The molecule has 1 aliphatic heterocycles. The van der Waals surface area contributed by atoms with Gasteiger partial charge in [0.2, 0.25) is 10.0 Å². The van der Waals surface area contributed by atoms with Crippen LogP contribution in [0.5, 0.6) is 0 Å². The second-order valence-electron chi connectivity index (χ2n) is 8.37. The number of piperidine rings is 1. The van der Waals surface area contributed by atoms with E-state index in [0.29, 0.717) is 11.6 Å². The molecule has 0 unspecified atom stereocenters. The molecule has 29 heavy (non-hydrogen) atoms. The summed E-state index contributed by atoms with van der Waals surface area (Å²) in [6.45, 7) is 7.22. The highest BCUT2D eigenvalue weighted by molar-refractivity contribution is 7.89. The average Bonchev–Trinajstić information content (AvgIpc) is 2.70. The van der Waals surface area contributed by atoms with E-state index in [4.69, 9.17) is 0 Å². The SMILES string of the molecule is CCN1CCC(Nc2ccc(S(=O)(=O)NC3CCC(C)CC3)cc2[N+](=O)[O-])CC1. The number of benzene rings is 1. The molecule has 9 heteroatoms. The van der Waals surface area contributed by atoms with E-state index in [1.54, 1.807) is 0 Å². The van der Waals surface area contributed by atoms with Crippen molar-refractivity contribution in [3.8, 4) is 0 Å². The molecule has 1 saturated heterocycles. The molecule has 1 aromatic carbocycles. The Balaban J connectivity index is 1.72. The van der Waals surface area contributed by atoms with Crippen LogP contribution < -0.4 is 10.0 Å². The van der Waals surface area contributed by atoms with Crippen LogP contribution in [-0.2, 0) is 10.0 Å². The van der Waals surface area contributed by atoms with Gasteiger partial charge < -0.3 is 10.2 Å². The maximum Gasteiger partial charge on any atom is 0.293 e. The molecule has 1 aliphatic carbocycles. The van der Waals surface area contributed by atoms with E-state index in [2.05, 4.69) is 28.8 Å². The van der Waals surface area contributed by atoms with Crippen molar-refractivity contribution in [3.05, 3.63) is 28.3 Å². The zero-order valence-corrected chi connectivity index (χ0v) is 18.1. The summed E-state index contributed by atoms with van der Waals surface area (Å²) in [5.74, 6) is 0.617. The number of sulfonamides is 1. The fourth-order valence-electron chi connectivity index (χ4n) is 4.23. The van der Waals surface area contributed by atoms with Gasteiger partial charge in [0.15, 0.2) is 0 Å². The van der Waals surface area contributed by atoms with Gasteiger partial charge in [-0.05, 0) is 63.1 Å². The van der Waals surface area contributed by atoms with E-state index < -0.39 is 14.9 Å². The first kappa shape index (κ1) is 22.0. The topological polar surface area (TPSA) is 105 Å². The molecule has 0 aromatic heterocycles. The van der Waals surface area contributed by atoms with E-state index in [-0.39, 0.29) is 22.7 Å². The number of likely N-dealkylation sites (tertiary alicyclic amines) is 1. The largest absolute Gasteiger partial charge is 0.377 e. The minimum absolute atomic E-state index is 0.0471. The maximum absolute atomic E-state index is 12.8. The monoisotopic (exact) mass is 424 g/mol. The molecule has 1 heterocycles. The van der Waals surface area contributed by atoms with Crippen LogP contribution >= 0.6 is 0 Å². The molecule has 0 radical (unpaired) electrons. The predicted octanol–water partition coefficient (Wildman–Crippen LogP) is 3.35. The second kappa shape index (κ2) is 9.40. The Morgan fingerprint density at radius 3 is 2.34 bits per heavy atom. The van der Waals surface area contributed by atoms with Crippen molar-refractivity contribution in [2.45, 2.75) is 69.4 Å². The zero-order chi connectivity index (χ0) is 21.0. The third kappa shape index (κ3) is 5.67. The Hall–Kier alpha value is -1.71. The lowest BCUT2D eigenvalue weighted by molar-refractivity contribution is -0.384. The Bertz CT molecular complexity index is 814. The Morgan fingerprint density at radius 1 is 1.10 bits per heavy atom. The van der Waals surface area contributed by atoms with Gasteiger partial charge in [-0.2, -0.15) is 0 Å². The van der Waals surface area contributed by atoms with Crippen molar-refractivity contribution in [1.82, 2.24) is 9.62 Å². The van der Waals surface area contributed by atoms with Gasteiger partial charge in [-0.3, -0.25) is 10.1 Å². The van der Waals surface area contributed by atoms with Crippen LogP contribution in [0.2, 0.25) is 0 Å². The molecule has 0 atom stereocenters. The van der Waals surface area contributed by atoms with Crippen LogP contribution in [0.4, 0.5) is 11.4 Å². The molecule has 162 valence electrons. The summed E-state index contributed by atoms with van der Waals surface area (Å²) in [6.07, 6.45) is 5.41. The first-order valence-electron chi connectivity index (χ1n) is 10.6. The minimum Gasteiger partial charge on any atom is -0.377 e. The van der Waals surface area contributed by atoms with Gasteiger partial charge >= 0.3 is 0 Å². The van der Waals surface area contributed by atoms with Gasteiger partial charge in [0.05, 0.1) is 9.82 Å². The summed E-state index contributed by atoms with van der Waals surface area (Å²) in [4.78, 5) is 13.4. The van der Waals surface area contributed by atoms with Crippen molar-refractivity contribution in [2.24, 2.45) is 5.92 Å². The molecule has 2 aliphatic rings. The highest BCUT2D eigenvalue weighted by Crippen LogP contribution is 2.30. The number of nitrogens with one attached hydrogen (secondary N) is 2. The summed E-state index contributed by atoms with van der Waals surface area (Å²) in [5.41, 5.74) is 0.193. The van der Waals surface area contributed by atoms with Crippen LogP contribution in [-0.4, -0.2) is 50.0 Å². The van der Waals surface area contributed by atoms with Gasteiger partial charge in [-0.25, -0.2) is 13.1 Å². The normalized spacial score (nSPS) is 24.3. The smallest absolute Gasteiger partial charge is 0.293 e. The third-order valence-corrected chi connectivity index (χ3v) is 7.73. The van der Waals surface area contributed by atoms with Crippen LogP contribution in [0.15, 0.2) is 23.1 Å². The second-order valence-corrected chi connectivity index (χ2v) is 10.1. The summed E-state index contributed by atoms with van der Waals surface area (Å²) in [5, 5.41) is 14.9. The van der Waals surface area contributed by atoms with Gasteiger partial charge in [0, 0.05) is 31.2 Å². The van der Waals surface area contributed by atoms with Gasteiger partial charge in [0.25, 0.3) is 5.69 Å². The lowest BCUT2D eigenvalue weighted by Gasteiger charge is -2.31. The van der Waals surface area contributed by atoms with Crippen molar-refractivity contribution in [1.29, 1.82) is 0 Å². The highest BCUT2D eigenvalue weighted by atomic mass is 32.2. The first-order valence-corrected chi connectivity index (χ1v) is 12.1. The van der Waals surface area contributed by atoms with E-state index >= 15 is 0 Å². The number of hydrogen-bond donors (Lipinski definition) is 2. The van der Waals surface area contributed by atoms with Crippen LogP contribution in [0, 0.1) is 16.0 Å². The number of hydrogen-bond acceptors (Lipinski definition) is 6. The summed E-state index contributed by atoms with van der Waals surface area (Å²) in [7, 11) is -3.78. The molecular weight excluding hydrogens is 392 g/mol. The lowest BCUT2D eigenvalue weighted by Crippen LogP contribution is -2.39. The van der Waals surface area contributed by atoms with Gasteiger partial charge in [-0.15, -0.1) is 0 Å². The van der Waals surface area contributed by atoms with E-state index in [0.717, 1.165) is 58.2 Å². The molecule has 2 N–H and O–H groups in total. The summed E-state index contributed by atoms with van der Waals surface area (Å²) >= 11 is 0. The Labute approximate surface area is 173 Å². The molecule has 1 aromatic rings. The quantitative estimate of drug-likeness (QED) is 0.514. The number of nitro benzene ring substituents is 1. The molecule has 8 nitrogen and oxygen atoms in total. The fourth-order valence-corrected chi connectivity index (χ4v) is 5.56. The first-order chi connectivity index (χ1) is 13.8. The number of anilines is 1. The van der Waals surface area contributed by atoms with Gasteiger partial charge in [0.1, 0.15) is 5.69 Å². The van der Waals surface area contributed by atoms with E-state index in [1.807, 2.05) is 0 Å². The Morgan fingerprint density at radius 2 is 1.76 bits per heavy atom. The predicted molar refractivity (Wildman–Crippen MR) is 114 cm³/mol. The lowest BCUT2D eigenvalue weighted by atomic mass is 9.88. The Kier molecular flexibility index (Phi) is 7.13. The van der Waals surface area contributed by atoms with E-state index in [1.165, 1.54) is 18.2 Å². The van der Waals surface area contributed by atoms with Crippen molar-refractivity contribution < 1.29 is 13.3 Å². The maximum atomic E-state index is 12.8. The summed E-state index contributed by atoms with van der Waals surface area (Å²) in [6, 6.07) is 4.22. The van der Waals surface area contributed by atoms with Crippen LogP contribution in [0.3, 0.4) is 0 Å². The molecule has 2 fully saturated rings. The number of nitro groups is 1. The van der Waals surface area contributed by atoms with Gasteiger partial charge in [-0.1, -0.05) is 13.8 Å². The molecule has 3 rings (SSSR count). The highest BCUT2D eigenvalue weighted by Gasteiger charge is 2.27. The van der Waals surface area contributed by atoms with Crippen molar-refractivity contribution in [3.63, 3.8) is 0 Å². The molecule has 0 spiro atoms. The zero-order valence-electron chi connectivity index (χ0n) is 17.3. The third-order valence-electron chi connectivity index (χ3n) is 6.21. The molecular formula is C20H32N4O4S.